The molecule has 2 fully saturated rings. The van der Waals surface area contributed by atoms with Crippen molar-refractivity contribution in [3.63, 3.8) is 0 Å². The van der Waals surface area contributed by atoms with Crippen molar-refractivity contribution in [3.05, 3.63) is 0 Å². The summed E-state index contributed by atoms with van der Waals surface area (Å²) in [6.45, 7) is 10.3. The normalized spacial score (nSPS) is 34.7. The van der Waals surface area contributed by atoms with E-state index in [1.807, 2.05) is 0 Å². The predicted octanol–water partition coefficient (Wildman–Crippen LogP) is 3.75. The molecule has 0 amide bonds. The first-order valence-corrected chi connectivity index (χ1v) is 8.35. The molecule has 2 rings (SSSR count). The molecule has 0 radical (unpaired) electrons. The summed E-state index contributed by atoms with van der Waals surface area (Å²) in [5.74, 6) is 2.99. The predicted molar refractivity (Wildman–Crippen MR) is 80.1 cm³/mol. The smallest absolute Gasteiger partial charge is 0.137 e. The lowest BCUT2D eigenvalue weighted by Crippen LogP contribution is -2.43. The van der Waals surface area contributed by atoms with Gasteiger partial charge in [0.25, 0.3) is 0 Å². The van der Waals surface area contributed by atoms with Crippen molar-refractivity contribution in [1.82, 2.24) is 4.90 Å². The molecule has 2 aliphatic rings. The highest BCUT2D eigenvalue weighted by Crippen LogP contribution is 2.32. The number of Topliss-reactive ketones (excluding diaryl/α,β-unsaturated/α-hetero) is 1. The molecule has 1 saturated heterocycles. The molecule has 2 nitrogen and oxygen atoms in total. The Bertz CT molecular complexity index is 294. The molecule has 110 valence electrons. The van der Waals surface area contributed by atoms with Gasteiger partial charge in [-0.1, -0.05) is 33.6 Å². The van der Waals surface area contributed by atoms with Crippen LogP contribution >= 0.6 is 0 Å². The molecule has 1 aliphatic carbocycles. The third-order valence-electron chi connectivity index (χ3n) is 5.28. The minimum absolute atomic E-state index is 0.318. The molecular formula is C17H31NO. The average molecular weight is 265 g/mol. The van der Waals surface area contributed by atoms with E-state index in [2.05, 4.69) is 25.7 Å². The summed E-state index contributed by atoms with van der Waals surface area (Å²) in [5, 5.41) is 0. The highest BCUT2D eigenvalue weighted by Gasteiger charge is 2.34. The summed E-state index contributed by atoms with van der Waals surface area (Å²) in [7, 11) is 0. The van der Waals surface area contributed by atoms with Crippen LogP contribution in [0.5, 0.6) is 0 Å². The molecule has 19 heavy (non-hydrogen) atoms. The van der Waals surface area contributed by atoms with Gasteiger partial charge in [-0.3, -0.25) is 4.79 Å². The zero-order valence-electron chi connectivity index (χ0n) is 13.0. The van der Waals surface area contributed by atoms with Crippen LogP contribution in [-0.2, 0) is 4.79 Å². The first-order chi connectivity index (χ1) is 9.10. The Morgan fingerprint density at radius 3 is 2.47 bits per heavy atom. The van der Waals surface area contributed by atoms with Crippen LogP contribution in [0.15, 0.2) is 0 Å². The lowest BCUT2D eigenvalue weighted by Gasteiger charge is -2.38. The number of carbonyl (C=O) groups is 1. The van der Waals surface area contributed by atoms with E-state index in [1.165, 1.54) is 45.2 Å². The number of hydrogen-bond donors (Lipinski definition) is 0. The molecule has 0 aromatic heterocycles. The van der Waals surface area contributed by atoms with E-state index in [-0.39, 0.29) is 0 Å². The van der Waals surface area contributed by atoms with Gasteiger partial charge in [0.2, 0.25) is 0 Å². The van der Waals surface area contributed by atoms with Gasteiger partial charge >= 0.3 is 0 Å². The zero-order chi connectivity index (χ0) is 13.8. The van der Waals surface area contributed by atoms with Crippen LogP contribution in [0.2, 0.25) is 0 Å². The van der Waals surface area contributed by atoms with Crippen LogP contribution < -0.4 is 0 Å². The largest absolute Gasteiger partial charge is 0.303 e. The van der Waals surface area contributed by atoms with Gasteiger partial charge in [0.1, 0.15) is 5.78 Å². The summed E-state index contributed by atoms with van der Waals surface area (Å²) >= 11 is 0. The van der Waals surface area contributed by atoms with Crippen LogP contribution in [0, 0.1) is 23.7 Å². The van der Waals surface area contributed by atoms with Gasteiger partial charge in [-0.15, -0.1) is 0 Å². The molecule has 2 heteroatoms. The third-order valence-corrected chi connectivity index (χ3v) is 5.28. The van der Waals surface area contributed by atoms with E-state index in [9.17, 15) is 4.79 Å². The van der Waals surface area contributed by atoms with Crippen molar-refractivity contribution >= 4 is 5.78 Å². The van der Waals surface area contributed by atoms with E-state index in [0.29, 0.717) is 23.5 Å². The fourth-order valence-electron chi connectivity index (χ4n) is 4.12. The third kappa shape index (κ3) is 4.05. The Labute approximate surface area is 118 Å². The van der Waals surface area contributed by atoms with Gasteiger partial charge in [-0.25, -0.2) is 0 Å². The van der Waals surface area contributed by atoms with Gasteiger partial charge < -0.3 is 4.90 Å². The molecule has 0 aromatic rings. The second kappa shape index (κ2) is 6.88. The van der Waals surface area contributed by atoms with Gasteiger partial charge in [-0.2, -0.15) is 0 Å². The molecule has 1 aliphatic heterocycles. The van der Waals surface area contributed by atoms with E-state index in [1.54, 1.807) is 0 Å². The number of carbonyl (C=O) groups excluding carboxylic acids is 1. The van der Waals surface area contributed by atoms with E-state index < -0.39 is 0 Å². The van der Waals surface area contributed by atoms with Crippen LogP contribution in [0.4, 0.5) is 0 Å². The topological polar surface area (TPSA) is 20.3 Å². The fraction of sp³-hybridized carbons (Fsp3) is 0.941. The minimum Gasteiger partial charge on any atom is -0.303 e. The Balaban J connectivity index is 1.80. The second-order valence-corrected chi connectivity index (χ2v) is 7.13. The van der Waals surface area contributed by atoms with Crippen molar-refractivity contribution < 1.29 is 4.79 Å². The minimum atomic E-state index is 0.318. The number of hydrogen-bond acceptors (Lipinski definition) is 2. The Morgan fingerprint density at radius 1 is 1.21 bits per heavy atom. The standard InChI is InChI=1S/C17H31NO/c1-4-5-15-6-8-18(9-7-15)12-16-14(3)10-13(2)11-17(16)19/h13-16H,4-12H2,1-3H3. The SMILES string of the molecule is CCCC1CCN(CC2C(=O)CC(C)CC2C)CC1. The van der Waals surface area contributed by atoms with Crippen molar-refractivity contribution in [2.75, 3.05) is 19.6 Å². The summed E-state index contributed by atoms with van der Waals surface area (Å²) in [4.78, 5) is 14.8. The van der Waals surface area contributed by atoms with E-state index in [0.717, 1.165) is 18.9 Å². The number of ketones is 1. The zero-order valence-corrected chi connectivity index (χ0v) is 13.0. The second-order valence-electron chi connectivity index (χ2n) is 7.13. The van der Waals surface area contributed by atoms with Gasteiger partial charge in [0, 0.05) is 18.9 Å². The molecule has 3 atom stereocenters. The lowest BCUT2D eigenvalue weighted by molar-refractivity contribution is -0.128. The average Bonchev–Trinajstić information content (AvgIpc) is 2.36. The molecule has 3 unspecified atom stereocenters. The van der Waals surface area contributed by atoms with E-state index in [4.69, 9.17) is 0 Å². The molecule has 0 spiro atoms. The number of rotatable bonds is 4. The molecular weight excluding hydrogens is 234 g/mol. The summed E-state index contributed by atoms with van der Waals surface area (Å²) in [5.41, 5.74) is 0. The maximum Gasteiger partial charge on any atom is 0.137 e. The molecule has 1 heterocycles. The lowest BCUT2D eigenvalue weighted by atomic mass is 9.74. The maximum atomic E-state index is 12.2. The number of nitrogens with zero attached hydrogens (tertiary/aromatic N) is 1. The van der Waals surface area contributed by atoms with E-state index >= 15 is 0 Å². The van der Waals surface area contributed by atoms with Crippen LogP contribution in [0.25, 0.3) is 0 Å². The Hall–Kier alpha value is -0.370. The Morgan fingerprint density at radius 2 is 1.89 bits per heavy atom. The first kappa shape index (κ1) is 15.0. The summed E-state index contributed by atoms with van der Waals surface area (Å²) in [6.07, 6.45) is 7.47. The maximum absolute atomic E-state index is 12.2. The summed E-state index contributed by atoms with van der Waals surface area (Å²) in [6, 6.07) is 0. The van der Waals surface area contributed by atoms with Crippen LogP contribution in [0.3, 0.4) is 0 Å². The molecule has 0 bridgehead atoms. The highest BCUT2D eigenvalue weighted by molar-refractivity contribution is 5.82. The number of likely N-dealkylation sites (tertiary alicyclic amines) is 1. The molecule has 0 aromatic carbocycles. The van der Waals surface area contributed by atoms with Crippen molar-refractivity contribution in [1.29, 1.82) is 0 Å². The highest BCUT2D eigenvalue weighted by atomic mass is 16.1. The van der Waals surface area contributed by atoms with Crippen molar-refractivity contribution in [2.24, 2.45) is 23.7 Å². The monoisotopic (exact) mass is 265 g/mol. The number of piperidine rings is 1. The van der Waals surface area contributed by atoms with Crippen LogP contribution in [0.1, 0.15) is 59.3 Å². The molecule has 1 saturated carbocycles. The van der Waals surface area contributed by atoms with Gasteiger partial charge in [-0.05, 0) is 50.1 Å². The quantitative estimate of drug-likeness (QED) is 0.771. The summed E-state index contributed by atoms with van der Waals surface area (Å²) < 4.78 is 0. The van der Waals surface area contributed by atoms with Gasteiger partial charge in [0.15, 0.2) is 0 Å². The Kier molecular flexibility index (Phi) is 5.44. The van der Waals surface area contributed by atoms with Crippen molar-refractivity contribution in [2.45, 2.75) is 59.3 Å². The van der Waals surface area contributed by atoms with Crippen molar-refractivity contribution in [3.8, 4) is 0 Å². The molecule has 0 N–H and O–H groups in total. The fourth-order valence-corrected chi connectivity index (χ4v) is 4.12. The first-order valence-electron chi connectivity index (χ1n) is 8.35. The van der Waals surface area contributed by atoms with Gasteiger partial charge in [0.05, 0.1) is 0 Å². The van der Waals surface area contributed by atoms with Crippen LogP contribution in [-0.4, -0.2) is 30.3 Å².